The van der Waals surface area contributed by atoms with Gasteiger partial charge >= 0.3 is 0 Å². The smallest absolute Gasteiger partial charge is 0.259 e. The number of nitrogens with one attached hydrogen (secondary N) is 1. The highest BCUT2D eigenvalue weighted by Crippen LogP contribution is 2.29. The molecule has 0 saturated carbocycles. The molecule has 9 heteroatoms. The number of benzene rings is 2. The molecule has 0 aliphatic heterocycles. The number of carbonyl (C=O) groups is 1. The van der Waals surface area contributed by atoms with Gasteiger partial charge in [-0.1, -0.05) is 39.4 Å². The van der Waals surface area contributed by atoms with Crippen molar-refractivity contribution in [2.45, 2.75) is 13.8 Å². The molecule has 2 aromatic carbocycles. The van der Waals surface area contributed by atoms with Crippen LogP contribution in [0.3, 0.4) is 0 Å². The topological polar surface area (TPSA) is 83.9 Å². The van der Waals surface area contributed by atoms with Crippen LogP contribution in [0.2, 0.25) is 0 Å². The van der Waals surface area contributed by atoms with Gasteiger partial charge in [0.2, 0.25) is 11.1 Å². The minimum Gasteiger partial charge on any atom is -0.324 e. The zero-order chi connectivity index (χ0) is 22.0. The Morgan fingerprint density at radius 1 is 0.968 bits per heavy atom. The van der Waals surface area contributed by atoms with E-state index in [1.807, 2.05) is 56.3 Å². The van der Waals surface area contributed by atoms with E-state index in [4.69, 9.17) is 0 Å². The average Bonchev–Trinajstić information content (AvgIpc) is 3.23. The molecule has 0 fully saturated rings. The second kappa shape index (κ2) is 8.91. The fourth-order valence-electron chi connectivity index (χ4n) is 2.95. The Hall–Kier alpha value is -3.17. The maximum atomic E-state index is 12.9. The summed E-state index contributed by atoms with van der Waals surface area (Å²) in [7, 11) is 1.70. The van der Waals surface area contributed by atoms with Crippen LogP contribution in [0.4, 0.5) is 16.8 Å². The molecular formula is C22H19BrN6OS. The van der Waals surface area contributed by atoms with Crippen molar-refractivity contribution >= 4 is 49.9 Å². The van der Waals surface area contributed by atoms with Gasteiger partial charge in [0, 0.05) is 39.7 Å². The molecule has 0 spiro atoms. The number of aromatic nitrogens is 4. The summed E-state index contributed by atoms with van der Waals surface area (Å²) in [6, 6.07) is 16.9. The summed E-state index contributed by atoms with van der Waals surface area (Å²) in [5, 5.41) is 12.9. The number of halogens is 1. The molecule has 0 saturated heterocycles. The average molecular weight is 495 g/mol. The first-order chi connectivity index (χ1) is 14.9. The maximum absolute atomic E-state index is 12.9. The molecule has 0 aliphatic carbocycles. The number of carbonyl (C=O) groups excluding carboxylic acids is 1. The second-order valence-electron chi connectivity index (χ2n) is 6.94. The summed E-state index contributed by atoms with van der Waals surface area (Å²) < 4.78 is 0.996. The minimum absolute atomic E-state index is 0.160. The summed E-state index contributed by atoms with van der Waals surface area (Å²) in [6.45, 7) is 3.85. The number of hydrogen-bond acceptors (Lipinski definition) is 7. The first-order valence-corrected chi connectivity index (χ1v) is 11.1. The Kier molecular flexibility index (Phi) is 6.06. The van der Waals surface area contributed by atoms with Gasteiger partial charge < -0.3 is 5.32 Å². The van der Waals surface area contributed by atoms with Crippen LogP contribution in [0.15, 0.2) is 59.1 Å². The van der Waals surface area contributed by atoms with Gasteiger partial charge in [-0.05, 0) is 56.3 Å². The second-order valence-corrected chi connectivity index (χ2v) is 8.81. The molecule has 0 aliphatic rings. The molecule has 2 aromatic heterocycles. The first-order valence-electron chi connectivity index (χ1n) is 9.46. The third-order valence-corrected chi connectivity index (χ3v) is 6.04. The number of amides is 1. The Balaban J connectivity index is 1.47. The Labute approximate surface area is 192 Å². The lowest BCUT2D eigenvalue weighted by atomic mass is 10.2. The van der Waals surface area contributed by atoms with Crippen LogP contribution in [0.25, 0.3) is 10.6 Å². The lowest BCUT2D eigenvalue weighted by Gasteiger charge is -2.13. The van der Waals surface area contributed by atoms with E-state index in [1.54, 1.807) is 19.2 Å². The van der Waals surface area contributed by atoms with Gasteiger partial charge in [-0.15, -0.1) is 10.2 Å². The standard InChI is InChI=1S/C22H19BrN6OS/c1-13-12-14(2)25-21(24-13)26-18-10-6-16(7-11-18)20(30)29(3)22-28-27-19(31-22)15-4-8-17(23)9-5-15/h4-12H,1-3H3,(H,24,25,26). The van der Waals surface area contributed by atoms with E-state index in [0.29, 0.717) is 16.6 Å². The van der Waals surface area contributed by atoms with Crippen LogP contribution in [0, 0.1) is 13.8 Å². The zero-order valence-electron chi connectivity index (χ0n) is 17.1. The lowest BCUT2D eigenvalue weighted by molar-refractivity contribution is 0.0993. The van der Waals surface area contributed by atoms with Crippen LogP contribution < -0.4 is 10.2 Å². The lowest BCUT2D eigenvalue weighted by Crippen LogP contribution is -2.26. The number of nitrogens with zero attached hydrogens (tertiary/aromatic N) is 5. The summed E-state index contributed by atoms with van der Waals surface area (Å²) >= 11 is 4.79. The molecule has 0 radical (unpaired) electrons. The summed E-state index contributed by atoms with van der Waals surface area (Å²) in [5.41, 5.74) is 4.09. The Morgan fingerprint density at radius 2 is 1.61 bits per heavy atom. The van der Waals surface area contributed by atoms with Crippen molar-refractivity contribution < 1.29 is 4.79 Å². The fraction of sp³-hybridized carbons (Fsp3) is 0.136. The normalized spacial score (nSPS) is 10.7. The van der Waals surface area contributed by atoms with Crippen molar-refractivity contribution in [2.75, 3.05) is 17.3 Å². The summed E-state index contributed by atoms with van der Waals surface area (Å²) in [5.74, 6) is 0.371. The summed E-state index contributed by atoms with van der Waals surface area (Å²) in [4.78, 5) is 23.2. The molecule has 31 heavy (non-hydrogen) atoms. The van der Waals surface area contributed by atoms with Crippen molar-refractivity contribution in [3.8, 4) is 10.6 Å². The zero-order valence-corrected chi connectivity index (χ0v) is 19.5. The molecule has 7 nitrogen and oxygen atoms in total. The fourth-order valence-corrected chi connectivity index (χ4v) is 4.02. The van der Waals surface area contributed by atoms with Crippen LogP contribution in [-0.2, 0) is 0 Å². The predicted molar refractivity (Wildman–Crippen MR) is 127 cm³/mol. The molecule has 4 aromatic rings. The van der Waals surface area contributed by atoms with Crippen molar-refractivity contribution in [1.82, 2.24) is 20.2 Å². The van der Waals surface area contributed by atoms with Gasteiger partial charge in [0.25, 0.3) is 5.91 Å². The largest absolute Gasteiger partial charge is 0.324 e. The van der Waals surface area contributed by atoms with Crippen LogP contribution in [-0.4, -0.2) is 33.1 Å². The number of anilines is 3. The van der Waals surface area contributed by atoms with E-state index >= 15 is 0 Å². The molecule has 1 N–H and O–H groups in total. The van der Waals surface area contributed by atoms with Crippen molar-refractivity contribution in [1.29, 1.82) is 0 Å². The van der Waals surface area contributed by atoms with Crippen molar-refractivity contribution in [2.24, 2.45) is 0 Å². The van der Waals surface area contributed by atoms with Crippen LogP contribution in [0.1, 0.15) is 21.7 Å². The Bertz CT molecular complexity index is 1200. The van der Waals surface area contributed by atoms with Gasteiger partial charge in [0.1, 0.15) is 5.01 Å². The van der Waals surface area contributed by atoms with E-state index in [2.05, 4.69) is 41.4 Å². The van der Waals surface area contributed by atoms with Crippen LogP contribution in [0.5, 0.6) is 0 Å². The monoisotopic (exact) mass is 494 g/mol. The highest BCUT2D eigenvalue weighted by atomic mass is 79.9. The van der Waals surface area contributed by atoms with Crippen molar-refractivity contribution in [3.05, 3.63) is 76.0 Å². The molecule has 0 atom stereocenters. The SMILES string of the molecule is Cc1cc(C)nc(Nc2ccc(C(=O)N(C)c3nnc(-c4ccc(Br)cc4)s3)cc2)n1. The van der Waals surface area contributed by atoms with Gasteiger partial charge in [-0.25, -0.2) is 9.97 Å². The number of aryl methyl sites for hydroxylation is 2. The number of hydrogen-bond donors (Lipinski definition) is 1. The van der Waals surface area contributed by atoms with E-state index in [-0.39, 0.29) is 5.91 Å². The third kappa shape index (κ3) is 4.95. The Morgan fingerprint density at radius 3 is 2.26 bits per heavy atom. The molecule has 156 valence electrons. The molecule has 1 amide bonds. The van der Waals surface area contributed by atoms with Gasteiger partial charge in [0.05, 0.1) is 0 Å². The molecule has 4 rings (SSSR count). The molecular weight excluding hydrogens is 476 g/mol. The van der Waals surface area contributed by atoms with Crippen LogP contribution >= 0.6 is 27.3 Å². The third-order valence-electron chi connectivity index (χ3n) is 4.47. The van der Waals surface area contributed by atoms with E-state index in [0.717, 1.165) is 32.1 Å². The maximum Gasteiger partial charge on any atom is 0.259 e. The molecule has 2 heterocycles. The van der Waals surface area contributed by atoms with E-state index in [9.17, 15) is 4.79 Å². The van der Waals surface area contributed by atoms with E-state index in [1.165, 1.54) is 16.2 Å². The quantitative estimate of drug-likeness (QED) is 0.400. The number of rotatable bonds is 5. The van der Waals surface area contributed by atoms with Gasteiger partial charge in [-0.2, -0.15) is 0 Å². The highest BCUT2D eigenvalue weighted by molar-refractivity contribution is 9.10. The van der Waals surface area contributed by atoms with E-state index < -0.39 is 0 Å². The van der Waals surface area contributed by atoms with Crippen molar-refractivity contribution in [3.63, 3.8) is 0 Å². The predicted octanol–water partition coefficient (Wildman–Crippen LogP) is 5.39. The van der Waals surface area contributed by atoms with Gasteiger partial charge in [0.15, 0.2) is 0 Å². The highest BCUT2D eigenvalue weighted by Gasteiger charge is 2.18. The van der Waals surface area contributed by atoms with Gasteiger partial charge in [-0.3, -0.25) is 9.69 Å². The first kappa shape index (κ1) is 21.1. The molecule has 0 unspecified atom stereocenters. The summed E-state index contributed by atoms with van der Waals surface area (Å²) in [6.07, 6.45) is 0. The molecule has 0 bridgehead atoms. The minimum atomic E-state index is -0.160.